The van der Waals surface area contributed by atoms with Crippen LogP contribution in [0.5, 0.6) is 0 Å². The Balaban J connectivity index is 1.28. The molecule has 1 saturated heterocycles. The van der Waals surface area contributed by atoms with Gasteiger partial charge in [-0.2, -0.15) is 0 Å². The number of hydrogen-bond acceptors (Lipinski definition) is 8. The first-order valence-electron chi connectivity index (χ1n) is 11.7. The van der Waals surface area contributed by atoms with Gasteiger partial charge in [-0.15, -0.1) is 0 Å². The van der Waals surface area contributed by atoms with Crippen LogP contribution in [0.4, 0.5) is 0 Å². The minimum Gasteiger partial charge on any atom is -0.476 e. The number of imidazole rings is 1. The summed E-state index contributed by atoms with van der Waals surface area (Å²) in [5, 5.41) is 15.3. The second kappa shape index (κ2) is 7.33. The maximum absolute atomic E-state index is 12.3. The summed E-state index contributed by atoms with van der Waals surface area (Å²) in [5.41, 5.74) is 3.45. The number of rotatable bonds is 2. The Morgan fingerprint density at radius 2 is 2.03 bits per heavy atom. The van der Waals surface area contributed by atoms with Crippen LogP contribution in [0.3, 0.4) is 0 Å². The van der Waals surface area contributed by atoms with Crippen LogP contribution >= 0.6 is 11.6 Å². The average molecular weight is 495 g/mol. The first kappa shape index (κ1) is 21.0. The number of aromatic amines is 1. The number of aliphatic hydroxyl groups is 1. The molecule has 7 rings (SSSR count). The molecule has 3 aliphatic carbocycles. The minimum atomic E-state index is -0.771. The number of nitrogens with one attached hydrogen (secondary N) is 2. The van der Waals surface area contributed by atoms with E-state index >= 15 is 0 Å². The number of halogens is 1. The van der Waals surface area contributed by atoms with Gasteiger partial charge in [0.2, 0.25) is 6.35 Å². The summed E-state index contributed by atoms with van der Waals surface area (Å²) < 4.78 is 14.3. The Hall–Kier alpha value is -3.34. The molecule has 0 saturated carbocycles. The predicted molar refractivity (Wildman–Crippen MR) is 130 cm³/mol. The van der Waals surface area contributed by atoms with E-state index in [1.165, 1.54) is 0 Å². The van der Waals surface area contributed by atoms with E-state index in [0.29, 0.717) is 46.4 Å². The smallest absolute Gasteiger partial charge is 0.326 e. The fourth-order valence-electron chi connectivity index (χ4n) is 5.43. The highest BCUT2D eigenvalue weighted by molar-refractivity contribution is 6.45. The zero-order chi connectivity index (χ0) is 24.0. The van der Waals surface area contributed by atoms with E-state index in [1.807, 2.05) is 49.1 Å². The molecule has 1 aromatic rings. The summed E-state index contributed by atoms with van der Waals surface area (Å²) in [5.74, 6) is 0.456. The molecule has 0 radical (unpaired) electrons. The number of H-pyrrole nitrogens is 1. The van der Waals surface area contributed by atoms with Crippen LogP contribution in [0.25, 0.3) is 12.2 Å². The van der Waals surface area contributed by atoms with Crippen molar-refractivity contribution in [1.29, 1.82) is 0 Å². The van der Waals surface area contributed by atoms with Gasteiger partial charge in [-0.1, -0.05) is 11.6 Å². The lowest BCUT2D eigenvalue weighted by atomic mass is 9.95. The van der Waals surface area contributed by atoms with Gasteiger partial charge in [0.1, 0.15) is 29.0 Å². The lowest BCUT2D eigenvalue weighted by molar-refractivity contribution is 0.0354. The van der Waals surface area contributed by atoms with Crippen molar-refractivity contribution in [3.63, 3.8) is 0 Å². The molecule has 5 atom stereocenters. The molecule has 5 unspecified atom stereocenters. The first-order valence-corrected chi connectivity index (χ1v) is 12.1. The summed E-state index contributed by atoms with van der Waals surface area (Å²) in [4.78, 5) is 26.7. The van der Waals surface area contributed by atoms with Gasteiger partial charge in [-0.3, -0.25) is 9.56 Å². The van der Waals surface area contributed by atoms with Crippen LogP contribution in [-0.4, -0.2) is 68.2 Å². The predicted octanol–water partition coefficient (Wildman–Crippen LogP) is -0.482. The van der Waals surface area contributed by atoms with Crippen molar-refractivity contribution in [2.45, 2.75) is 51.1 Å². The van der Waals surface area contributed by atoms with Crippen LogP contribution in [0.15, 0.2) is 60.9 Å². The normalized spacial score (nSPS) is 31.8. The highest BCUT2D eigenvalue weighted by atomic mass is 35.5. The molecule has 3 N–H and O–H groups in total. The lowest BCUT2D eigenvalue weighted by Gasteiger charge is -2.37. The van der Waals surface area contributed by atoms with E-state index in [4.69, 9.17) is 31.1 Å². The summed E-state index contributed by atoms with van der Waals surface area (Å²) in [7, 11) is 0. The molecule has 180 valence electrons. The molecule has 1 fully saturated rings. The summed E-state index contributed by atoms with van der Waals surface area (Å²) in [6.45, 7) is 5.12. The standard InChI is InChI=1S/C24H23ClN6O4/c1-3-30-15-8-17-13(6-11(15)29-24(30)33)27-21-19(34-17)7-14-22(20(21)25)35-18-9-16-10(5-12(18)26-14)28-23(32)31(16)4-2/h5-9,13,17-19,24,29,33H,3-4H2,1-2H3,(H,28,32). The second-order valence-electron chi connectivity index (χ2n) is 9.02. The summed E-state index contributed by atoms with van der Waals surface area (Å²) in [6, 6.07) is -0.278. The Labute approximate surface area is 204 Å². The molecule has 6 aliphatic rings. The fraction of sp³-hybridized carbons (Fsp3) is 0.375. The quantitative estimate of drug-likeness (QED) is 0.511. The number of ether oxygens (including phenoxy) is 2. The number of aromatic nitrogens is 2. The maximum Gasteiger partial charge on any atom is 0.326 e. The third-order valence-corrected chi connectivity index (χ3v) is 7.45. The Bertz CT molecular complexity index is 1540. The topological polar surface area (TPSA) is 116 Å². The van der Waals surface area contributed by atoms with Crippen LogP contribution in [-0.2, 0) is 16.0 Å². The third-order valence-electron chi connectivity index (χ3n) is 7.09. The molecule has 11 heteroatoms. The van der Waals surface area contributed by atoms with Crippen molar-refractivity contribution < 1.29 is 14.6 Å². The van der Waals surface area contributed by atoms with E-state index in [0.717, 1.165) is 16.7 Å². The van der Waals surface area contributed by atoms with Crippen LogP contribution in [0, 0.1) is 0 Å². The SMILES string of the molecule is CCN1C2=CC3OC4C=C5N=C6C=c7[nH]c(=O)n(CC)c7=CC6OC5=C(Cl)C4=NC3C=C2NC1O. The number of fused-ring (bicyclic) bond motifs is 6. The average Bonchev–Trinajstić information content (AvgIpc) is 3.32. The summed E-state index contributed by atoms with van der Waals surface area (Å²) in [6.07, 6.45) is 7.57. The number of aliphatic hydroxyl groups excluding tert-OH is 1. The van der Waals surface area contributed by atoms with Gasteiger partial charge < -0.3 is 29.8 Å². The number of nitrogens with zero attached hydrogens (tertiary/aromatic N) is 4. The van der Waals surface area contributed by atoms with Gasteiger partial charge in [-0.25, -0.2) is 9.79 Å². The Kier molecular flexibility index (Phi) is 4.39. The molecule has 10 nitrogen and oxygen atoms in total. The number of likely N-dealkylation sites (N-methyl/N-ethyl adjacent to an activating group) is 1. The maximum atomic E-state index is 12.3. The largest absolute Gasteiger partial charge is 0.476 e. The zero-order valence-electron chi connectivity index (χ0n) is 19.0. The molecule has 0 bridgehead atoms. The molecule has 3 aliphatic heterocycles. The van der Waals surface area contributed by atoms with Crippen molar-refractivity contribution >= 4 is 35.2 Å². The van der Waals surface area contributed by atoms with Crippen molar-refractivity contribution in [1.82, 2.24) is 19.8 Å². The second-order valence-corrected chi connectivity index (χ2v) is 9.39. The molecular weight excluding hydrogens is 472 g/mol. The van der Waals surface area contributed by atoms with Crippen molar-refractivity contribution in [3.05, 3.63) is 67.3 Å². The van der Waals surface area contributed by atoms with Crippen LogP contribution in [0.2, 0.25) is 0 Å². The van der Waals surface area contributed by atoms with E-state index in [2.05, 4.69) is 10.3 Å². The number of hydrogen-bond donors (Lipinski definition) is 3. The van der Waals surface area contributed by atoms with Crippen molar-refractivity contribution in [3.8, 4) is 0 Å². The minimum absolute atomic E-state index is 0.161. The third kappa shape index (κ3) is 2.93. The molecule has 35 heavy (non-hydrogen) atoms. The first-order chi connectivity index (χ1) is 16.9. The highest BCUT2D eigenvalue weighted by Crippen LogP contribution is 2.39. The van der Waals surface area contributed by atoms with E-state index < -0.39 is 18.6 Å². The highest BCUT2D eigenvalue weighted by Gasteiger charge is 2.42. The number of aliphatic imine (C=N–C) groups is 2. The van der Waals surface area contributed by atoms with E-state index in [-0.39, 0.29) is 17.8 Å². The van der Waals surface area contributed by atoms with Gasteiger partial charge in [0.05, 0.1) is 33.5 Å². The van der Waals surface area contributed by atoms with E-state index in [1.54, 1.807) is 4.57 Å². The van der Waals surface area contributed by atoms with Crippen LogP contribution < -0.4 is 21.7 Å². The molecular formula is C24H23ClN6O4. The monoisotopic (exact) mass is 494 g/mol. The molecule has 0 amide bonds. The van der Waals surface area contributed by atoms with Crippen molar-refractivity contribution in [2.75, 3.05) is 6.54 Å². The fourth-order valence-corrected chi connectivity index (χ4v) is 5.72. The molecule has 4 heterocycles. The zero-order valence-corrected chi connectivity index (χ0v) is 19.8. The lowest BCUT2D eigenvalue weighted by Crippen LogP contribution is -2.45. The Morgan fingerprint density at radius 1 is 1.17 bits per heavy atom. The molecule has 0 spiro atoms. The van der Waals surface area contributed by atoms with Gasteiger partial charge in [-0.05, 0) is 44.2 Å². The van der Waals surface area contributed by atoms with Gasteiger partial charge >= 0.3 is 5.69 Å². The Morgan fingerprint density at radius 3 is 2.83 bits per heavy atom. The molecule has 1 aromatic heterocycles. The van der Waals surface area contributed by atoms with Gasteiger partial charge in [0.25, 0.3) is 0 Å². The molecule has 0 aromatic carbocycles. The van der Waals surface area contributed by atoms with Crippen molar-refractivity contribution in [2.24, 2.45) is 9.98 Å². The van der Waals surface area contributed by atoms with Gasteiger partial charge in [0, 0.05) is 13.1 Å². The summed E-state index contributed by atoms with van der Waals surface area (Å²) >= 11 is 6.82. The van der Waals surface area contributed by atoms with Crippen LogP contribution in [0.1, 0.15) is 13.8 Å². The van der Waals surface area contributed by atoms with Gasteiger partial charge in [0.15, 0.2) is 11.9 Å². The van der Waals surface area contributed by atoms with E-state index in [9.17, 15) is 9.90 Å².